The molecule has 1 atom stereocenters. The van der Waals surface area contributed by atoms with E-state index in [-0.39, 0.29) is 0 Å². The van der Waals surface area contributed by atoms with E-state index in [0.29, 0.717) is 5.92 Å². The first-order chi connectivity index (χ1) is 13.3. The fourth-order valence-electron chi connectivity index (χ4n) is 4.37. The highest BCUT2D eigenvalue weighted by molar-refractivity contribution is 5.76. The molecule has 0 amide bonds. The predicted octanol–water partition coefficient (Wildman–Crippen LogP) is 3.90. The standard InChI is InChI=1S/C22H25N5/c1-26-20-11-5-4-10-19(20)25-22(26)15-27-12-6-7-16(14-27)13-21-23-17-8-2-3-9-18(17)24-21/h2-5,8-11,16H,6-7,12-15H2,1H3,(H,23,24)/t16-/m1/s1. The number of aryl methyl sites for hydroxylation is 1. The van der Waals surface area contributed by atoms with Crippen molar-refractivity contribution in [2.45, 2.75) is 25.8 Å². The molecule has 1 fully saturated rings. The Kier molecular flexibility index (Phi) is 4.17. The maximum atomic E-state index is 4.85. The molecule has 1 aliphatic rings. The first-order valence-electron chi connectivity index (χ1n) is 9.82. The molecule has 0 aliphatic carbocycles. The molecule has 1 saturated heterocycles. The van der Waals surface area contributed by atoms with Crippen LogP contribution in [0.5, 0.6) is 0 Å². The lowest BCUT2D eigenvalue weighted by Crippen LogP contribution is -2.36. The van der Waals surface area contributed by atoms with Crippen molar-refractivity contribution in [2.24, 2.45) is 13.0 Å². The molecule has 1 aliphatic heterocycles. The third-order valence-electron chi connectivity index (χ3n) is 5.77. The minimum atomic E-state index is 0.647. The topological polar surface area (TPSA) is 49.7 Å². The quantitative estimate of drug-likeness (QED) is 0.601. The Bertz CT molecular complexity index is 1040. The Morgan fingerprint density at radius 2 is 1.85 bits per heavy atom. The monoisotopic (exact) mass is 359 g/mol. The Morgan fingerprint density at radius 3 is 2.70 bits per heavy atom. The number of hydrogen-bond acceptors (Lipinski definition) is 3. The molecule has 2 aromatic carbocycles. The van der Waals surface area contributed by atoms with E-state index in [2.05, 4.69) is 64.0 Å². The fourth-order valence-corrected chi connectivity index (χ4v) is 4.37. The summed E-state index contributed by atoms with van der Waals surface area (Å²) < 4.78 is 2.23. The largest absolute Gasteiger partial charge is 0.342 e. The molecular weight excluding hydrogens is 334 g/mol. The van der Waals surface area contributed by atoms with Crippen molar-refractivity contribution < 1.29 is 0 Å². The molecule has 0 bridgehead atoms. The van der Waals surface area contributed by atoms with Crippen molar-refractivity contribution >= 4 is 22.1 Å². The average Bonchev–Trinajstić information content (AvgIpc) is 3.23. The number of aromatic nitrogens is 4. The molecule has 2 aromatic heterocycles. The minimum absolute atomic E-state index is 0.647. The highest BCUT2D eigenvalue weighted by Crippen LogP contribution is 2.23. The maximum absolute atomic E-state index is 4.85. The van der Waals surface area contributed by atoms with Gasteiger partial charge in [-0.15, -0.1) is 0 Å². The first-order valence-corrected chi connectivity index (χ1v) is 9.82. The second-order valence-electron chi connectivity index (χ2n) is 7.72. The van der Waals surface area contributed by atoms with Crippen LogP contribution in [-0.4, -0.2) is 37.5 Å². The third-order valence-corrected chi connectivity index (χ3v) is 5.77. The molecular formula is C22H25N5. The molecule has 5 rings (SSSR count). The second-order valence-corrected chi connectivity index (χ2v) is 7.72. The number of aromatic amines is 1. The van der Waals surface area contributed by atoms with Crippen LogP contribution in [0.3, 0.4) is 0 Å². The van der Waals surface area contributed by atoms with Gasteiger partial charge in [-0.05, 0) is 49.6 Å². The zero-order valence-electron chi connectivity index (χ0n) is 15.7. The first kappa shape index (κ1) is 16.5. The van der Waals surface area contributed by atoms with Crippen LogP contribution >= 0.6 is 0 Å². The summed E-state index contributed by atoms with van der Waals surface area (Å²) in [6.07, 6.45) is 3.54. The smallest absolute Gasteiger partial charge is 0.123 e. The van der Waals surface area contributed by atoms with Gasteiger partial charge in [0.15, 0.2) is 0 Å². The van der Waals surface area contributed by atoms with Crippen LogP contribution in [0.2, 0.25) is 0 Å². The van der Waals surface area contributed by atoms with Crippen LogP contribution in [0.25, 0.3) is 22.1 Å². The normalized spacial score (nSPS) is 18.5. The van der Waals surface area contributed by atoms with Crippen LogP contribution in [0.1, 0.15) is 24.5 Å². The number of hydrogen-bond donors (Lipinski definition) is 1. The van der Waals surface area contributed by atoms with E-state index < -0.39 is 0 Å². The Morgan fingerprint density at radius 1 is 1.04 bits per heavy atom. The summed E-state index contributed by atoms with van der Waals surface area (Å²) in [6.45, 7) is 3.18. The van der Waals surface area contributed by atoms with Crippen molar-refractivity contribution in [1.82, 2.24) is 24.4 Å². The highest BCUT2D eigenvalue weighted by Gasteiger charge is 2.22. The van der Waals surface area contributed by atoms with Gasteiger partial charge in [-0.2, -0.15) is 0 Å². The van der Waals surface area contributed by atoms with E-state index in [0.717, 1.165) is 54.3 Å². The lowest BCUT2D eigenvalue weighted by Gasteiger charge is -2.32. The summed E-state index contributed by atoms with van der Waals surface area (Å²) >= 11 is 0. The van der Waals surface area contributed by atoms with Crippen molar-refractivity contribution in [1.29, 1.82) is 0 Å². The van der Waals surface area contributed by atoms with Crippen molar-refractivity contribution in [2.75, 3.05) is 13.1 Å². The summed E-state index contributed by atoms with van der Waals surface area (Å²) in [5.41, 5.74) is 4.51. The Labute approximate surface area is 159 Å². The third kappa shape index (κ3) is 3.23. The maximum Gasteiger partial charge on any atom is 0.123 e. The Hall–Kier alpha value is -2.66. The number of nitrogens with zero attached hydrogens (tertiary/aromatic N) is 4. The van der Waals surface area contributed by atoms with Gasteiger partial charge < -0.3 is 9.55 Å². The van der Waals surface area contributed by atoms with Gasteiger partial charge in [0.25, 0.3) is 0 Å². The minimum Gasteiger partial charge on any atom is -0.342 e. The van der Waals surface area contributed by atoms with Gasteiger partial charge in [-0.1, -0.05) is 24.3 Å². The van der Waals surface area contributed by atoms with Gasteiger partial charge in [0.1, 0.15) is 11.6 Å². The number of H-pyrrole nitrogens is 1. The number of imidazole rings is 2. The summed E-state index contributed by atoms with van der Waals surface area (Å²) in [5.74, 6) is 2.92. The molecule has 138 valence electrons. The van der Waals surface area contributed by atoms with E-state index in [1.165, 1.54) is 18.4 Å². The number of nitrogens with one attached hydrogen (secondary N) is 1. The lowest BCUT2D eigenvalue weighted by atomic mass is 9.94. The van der Waals surface area contributed by atoms with Crippen molar-refractivity contribution in [3.8, 4) is 0 Å². The fraction of sp³-hybridized carbons (Fsp3) is 0.364. The van der Waals surface area contributed by atoms with Crippen LogP contribution in [-0.2, 0) is 20.0 Å². The molecule has 5 heteroatoms. The zero-order chi connectivity index (χ0) is 18.2. The number of para-hydroxylation sites is 4. The van der Waals surface area contributed by atoms with Gasteiger partial charge in [-0.3, -0.25) is 4.90 Å². The molecule has 3 heterocycles. The van der Waals surface area contributed by atoms with Crippen LogP contribution in [0.4, 0.5) is 0 Å². The molecule has 1 N–H and O–H groups in total. The summed E-state index contributed by atoms with van der Waals surface area (Å²) in [6, 6.07) is 16.7. The highest BCUT2D eigenvalue weighted by atomic mass is 15.2. The lowest BCUT2D eigenvalue weighted by molar-refractivity contribution is 0.161. The van der Waals surface area contributed by atoms with E-state index in [1.807, 2.05) is 6.07 Å². The second kappa shape index (κ2) is 6.82. The number of likely N-dealkylation sites (tertiary alicyclic amines) is 1. The summed E-state index contributed by atoms with van der Waals surface area (Å²) in [7, 11) is 2.13. The van der Waals surface area contributed by atoms with Gasteiger partial charge in [-0.25, -0.2) is 9.97 Å². The van der Waals surface area contributed by atoms with Crippen LogP contribution < -0.4 is 0 Å². The van der Waals surface area contributed by atoms with E-state index in [1.54, 1.807) is 0 Å². The van der Waals surface area contributed by atoms with E-state index >= 15 is 0 Å². The van der Waals surface area contributed by atoms with Gasteiger partial charge in [0.05, 0.1) is 28.6 Å². The number of piperidine rings is 1. The predicted molar refractivity (Wildman–Crippen MR) is 109 cm³/mol. The molecule has 0 saturated carbocycles. The molecule has 27 heavy (non-hydrogen) atoms. The molecule has 5 nitrogen and oxygen atoms in total. The van der Waals surface area contributed by atoms with Crippen LogP contribution in [0, 0.1) is 5.92 Å². The molecule has 0 spiro atoms. The summed E-state index contributed by atoms with van der Waals surface area (Å²) in [5, 5.41) is 0. The summed E-state index contributed by atoms with van der Waals surface area (Å²) in [4.78, 5) is 15.7. The average molecular weight is 359 g/mol. The van der Waals surface area contributed by atoms with Crippen LogP contribution in [0.15, 0.2) is 48.5 Å². The zero-order valence-corrected chi connectivity index (χ0v) is 15.7. The number of rotatable bonds is 4. The van der Waals surface area contributed by atoms with Crippen molar-refractivity contribution in [3.63, 3.8) is 0 Å². The van der Waals surface area contributed by atoms with E-state index in [4.69, 9.17) is 9.97 Å². The SMILES string of the molecule is Cn1c(CN2CCC[C@H](Cc3nc4ccccc4[nH]3)C2)nc2ccccc21. The van der Waals surface area contributed by atoms with E-state index in [9.17, 15) is 0 Å². The van der Waals surface area contributed by atoms with Gasteiger partial charge in [0, 0.05) is 20.0 Å². The van der Waals surface area contributed by atoms with Crippen molar-refractivity contribution in [3.05, 3.63) is 60.2 Å². The molecule has 0 radical (unpaired) electrons. The Balaban J connectivity index is 1.29. The molecule has 0 unspecified atom stereocenters. The number of fused-ring (bicyclic) bond motifs is 2. The van der Waals surface area contributed by atoms with Gasteiger partial charge >= 0.3 is 0 Å². The molecule has 4 aromatic rings. The van der Waals surface area contributed by atoms with Gasteiger partial charge in [0.2, 0.25) is 0 Å². The number of benzene rings is 2.